The fourth-order valence-electron chi connectivity index (χ4n) is 3.02. The first kappa shape index (κ1) is 14.3. The van der Waals surface area contributed by atoms with Gasteiger partial charge in [0.2, 0.25) is 0 Å². The summed E-state index contributed by atoms with van der Waals surface area (Å²) in [5, 5.41) is 3.17. The van der Waals surface area contributed by atoms with E-state index in [1.807, 2.05) is 19.3 Å². The molecule has 1 atom stereocenters. The van der Waals surface area contributed by atoms with Crippen molar-refractivity contribution in [2.45, 2.75) is 32.4 Å². The zero-order valence-corrected chi connectivity index (χ0v) is 12.4. The molecule has 0 aromatic carbocycles. The lowest BCUT2D eigenvalue weighted by Crippen LogP contribution is -2.38. The zero-order chi connectivity index (χ0) is 13.7. The Morgan fingerprint density at radius 2 is 2.37 bits per heavy atom. The minimum atomic E-state index is 0.727. The number of nitrogens with one attached hydrogen (secondary N) is 1. The van der Waals surface area contributed by atoms with Crippen molar-refractivity contribution in [3.8, 4) is 0 Å². The molecule has 4 heteroatoms. The molecule has 1 aromatic rings. The van der Waals surface area contributed by atoms with Crippen molar-refractivity contribution in [2.75, 3.05) is 39.0 Å². The third-order valence-electron chi connectivity index (χ3n) is 4.00. The van der Waals surface area contributed by atoms with E-state index in [4.69, 9.17) is 0 Å². The minimum absolute atomic E-state index is 0.727. The predicted octanol–water partition coefficient (Wildman–Crippen LogP) is 2.04. The van der Waals surface area contributed by atoms with Crippen LogP contribution in [0.1, 0.15) is 25.3 Å². The molecule has 106 valence electrons. The summed E-state index contributed by atoms with van der Waals surface area (Å²) >= 11 is 0. The normalized spacial score (nSPS) is 20.1. The largest absolute Gasteiger partial charge is 0.373 e. The number of rotatable bonds is 6. The molecule has 0 aliphatic carbocycles. The van der Waals surface area contributed by atoms with E-state index in [1.165, 1.54) is 31.5 Å². The van der Waals surface area contributed by atoms with Gasteiger partial charge in [0.25, 0.3) is 0 Å². The Morgan fingerprint density at radius 1 is 1.53 bits per heavy atom. The molecule has 1 N–H and O–H groups in total. The van der Waals surface area contributed by atoms with Gasteiger partial charge >= 0.3 is 0 Å². The topological polar surface area (TPSA) is 31.4 Å². The first-order chi connectivity index (χ1) is 9.24. The van der Waals surface area contributed by atoms with Crippen molar-refractivity contribution in [3.05, 3.63) is 23.9 Å². The average Bonchev–Trinajstić information content (AvgIpc) is 2.86. The Balaban J connectivity index is 1.92. The number of pyridine rings is 1. The van der Waals surface area contributed by atoms with Crippen LogP contribution in [0.5, 0.6) is 0 Å². The number of hydrogen-bond acceptors (Lipinski definition) is 4. The van der Waals surface area contributed by atoms with Crippen LogP contribution >= 0.6 is 0 Å². The molecule has 1 unspecified atom stereocenters. The summed E-state index contributed by atoms with van der Waals surface area (Å²) in [4.78, 5) is 9.37. The summed E-state index contributed by atoms with van der Waals surface area (Å²) in [7, 11) is 4.14. The molecular formula is C15H26N4. The Hall–Kier alpha value is -1.13. The number of likely N-dealkylation sites (tertiary alicyclic amines) is 1. The maximum absolute atomic E-state index is 4.36. The van der Waals surface area contributed by atoms with Crippen LogP contribution in [0.3, 0.4) is 0 Å². The van der Waals surface area contributed by atoms with Gasteiger partial charge in [0.05, 0.1) is 0 Å². The van der Waals surface area contributed by atoms with Crippen molar-refractivity contribution in [1.29, 1.82) is 0 Å². The third-order valence-corrected chi connectivity index (χ3v) is 4.00. The van der Waals surface area contributed by atoms with E-state index >= 15 is 0 Å². The van der Waals surface area contributed by atoms with Crippen LogP contribution in [0.25, 0.3) is 0 Å². The first-order valence-corrected chi connectivity index (χ1v) is 7.28. The lowest BCUT2D eigenvalue weighted by Gasteiger charge is -2.28. The summed E-state index contributed by atoms with van der Waals surface area (Å²) in [5.41, 5.74) is 1.27. The molecule has 1 aliphatic rings. The van der Waals surface area contributed by atoms with Crippen LogP contribution in [-0.4, -0.2) is 54.6 Å². The molecule has 1 aromatic heterocycles. The van der Waals surface area contributed by atoms with E-state index in [9.17, 15) is 0 Å². The van der Waals surface area contributed by atoms with Gasteiger partial charge in [-0.25, -0.2) is 4.98 Å². The maximum Gasteiger partial charge on any atom is 0.130 e. The molecule has 0 bridgehead atoms. The van der Waals surface area contributed by atoms with Gasteiger partial charge in [0.15, 0.2) is 0 Å². The summed E-state index contributed by atoms with van der Waals surface area (Å²) < 4.78 is 0. The van der Waals surface area contributed by atoms with Crippen LogP contribution in [0.15, 0.2) is 18.3 Å². The van der Waals surface area contributed by atoms with E-state index in [0.717, 1.165) is 24.9 Å². The highest BCUT2D eigenvalue weighted by Crippen LogP contribution is 2.19. The Labute approximate surface area is 116 Å². The van der Waals surface area contributed by atoms with Gasteiger partial charge in [0, 0.05) is 37.9 Å². The van der Waals surface area contributed by atoms with E-state index in [0.29, 0.717) is 0 Å². The van der Waals surface area contributed by atoms with Crippen LogP contribution in [0.2, 0.25) is 0 Å². The van der Waals surface area contributed by atoms with Crippen molar-refractivity contribution >= 4 is 5.82 Å². The van der Waals surface area contributed by atoms with E-state index in [2.05, 4.69) is 40.1 Å². The molecule has 0 saturated carbocycles. The molecule has 1 aliphatic heterocycles. The molecule has 19 heavy (non-hydrogen) atoms. The van der Waals surface area contributed by atoms with Gasteiger partial charge in [-0.05, 0) is 39.0 Å². The number of hydrogen-bond donors (Lipinski definition) is 1. The average molecular weight is 262 g/mol. The minimum Gasteiger partial charge on any atom is -0.373 e. The highest BCUT2D eigenvalue weighted by molar-refractivity contribution is 5.42. The number of aromatic nitrogens is 1. The van der Waals surface area contributed by atoms with Crippen molar-refractivity contribution < 1.29 is 0 Å². The number of nitrogens with zero attached hydrogens (tertiary/aromatic N) is 3. The van der Waals surface area contributed by atoms with Gasteiger partial charge in [-0.2, -0.15) is 0 Å². The molecular weight excluding hydrogens is 236 g/mol. The maximum atomic E-state index is 4.36. The molecule has 1 saturated heterocycles. The van der Waals surface area contributed by atoms with Crippen LogP contribution in [0.4, 0.5) is 5.82 Å². The quantitative estimate of drug-likeness (QED) is 0.850. The smallest absolute Gasteiger partial charge is 0.130 e. The standard InChI is InChI=1S/C15H26N4/c1-4-19-10-6-8-14(19)12-18(3)11-13-7-5-9-17-15(13)16-2/h5,7,9,14H,4,6,8,10-12H2,1-3H3,(H,16,17). The van der Waals surface area contributed by atoms with Gasteiger partial charge in [0.1, 0.15) is 5.82 Å². The fourth-order valence-corrected chi connectivity index (χ4v) is 3.02. The predicted molar refractivity (Wildman–Crippen MR) is 80.4 cm³/mol. The molecule has 0 radical (unpaired) electrons. The third kappa shape index (κ3) is 3.67. The Bertz CT molecular complexity index is 393. The monoisotopic (exact) mass is 262 g/mol. The first-order valence-electron chi connectivity index (χ1n) is 7.28. The van der Waals surface area contributed by atoms with E-state index < -0.39 is 0 Å². The second-order valence-electron chi connectivity index (χ2n) is 5.38. The molecule has 2 rings (SSSR count). The molecule has 0 amide bonds. The molecule has 4 nitrogen and oxygen atoms in total. The van der Waals surface area contributed by atoms with Gasteiger partial charge in [-0.15, -0.1) is 0 Å². The van der Waals surface area contributed by atoms with Crippen LogP contribution in [-0.2, 0) is 6.54 Å². The zero-order valence-electron chi connectivity index (χ0n) is 12.4. The van der Waals surface area contributed by atoms with Crippen molar-refractivity contribution in [1.82, 2.24) is 14.8 Å². The summed E-state index contributed by atoms with van der Waals surface area (Å²) in [6.45, 7) is 6.80. The van der Waals surface area contributed by atoms with Crippen LogP contribution in [0, 0.1) is 0 Å². The van der Waals surface area contributed by atoms with Crippen molar-refractivity contribution in [3.63, 3.8) is 0 Å². The highest BCUT2D eigenvalue weighted by Gasteiger charge is 2.24. The lowest BCUT2D eigenvalue weighted by molar-refractivity contribution is 0.195. The second kappa shape index (κ2) is 6.87. The van der Waals surface area contributed by atoms with Gasteiger partial charge in [-0.1, -0.05) is 13.0 Å². The number of likely N-dealkylation sites (N-methyl/N-ethyl adjacent to an activating group) is 2. The van der Waals surface area contributed by atoms with Crippen LogP contribution < -0.4 is 5.32 Å². The summed E-state index contributed by atoms with van der Waals surface area (Å²) in [6.07, 6.45) is 4.52. The lowest BCUT2D eigenvalue weighted by atomic mass is 10.2. The molecule has 1 fully saturated rings. The SMILES string of the molecule is CCN1CCCC1CN(C)Cc1cccnc1NC. The van der Waals surface area contributed by atoms with Crippen molar-refractivity contribution in [2.24, 2.45) is 0 Å². The Kier molecular flexibility index (Phi) is 5.16. The summed E-state index contributed by atoms with van der Waals surface area (Å²) in [6, 6.07) is 4.89. The number of anilines is 1. The van der Waals surface area contributed by atoms with Gasteiger partial charge in [-0.3, -0.25) is 4.90 Å². The van der Waals surface area contributed by atoms with E-state index in [-0.39, 0.29) is 0 Å². The molecule has 0 spiro atoms. The van der Waals surface area contributed by atoms with Gasteiger partial charge < -0.3 is 10.2 Å². The fraction of sp³-hybridized carbons (Fsp3) is 0.667. The highest BCUT2D eigenvalue weighted by atomic mass is 15.2. The Morgan fingerprint density at radius 3 is 3.11 bits per heavy atom. The molecule has 2 heterocycles. The summed E-state index contributed by atoms with van der Waals surface area (Å²) in [5.74, 6) is 0.994. The van der Waals surface area contributed by atoms with E-state index in [1.54, 1.807) is 0 Å². The second-order valence-corrected chi connectivity index (χ2v) is 5.38.